The van der Waals surface area contributed by atoms with Crippen LogP contribution in [0.1, 0.15) is 53.7 Å². The van der Waals surface area contributed by atoms with Gasteiger partial charge in [-0.1, -0.05) is 13.0 Å². The van der Waals surface area contributed by atoms with E-state index in [2.05, 4.69) is 29.7 Å². The number of hydrogen-bond acceptors (Lipinski definition) is 2. The van der Waals surface area contributed by atoms with Gasteiger partial charge in [-0.2, -0.15) is 0 Å². The van der Waals surface area contributed by atoms with Gasteiger partial charge in [0.15, 0.2) is 0 Å². The molecule has 2 N–H and O–H groups in total. The third-order valence-corrected chi connectivity index (χ3v) is 5.01. The highest BCUT2D eigenvalue weighted by molar-refractivity contribution is 5.94. The molecule has 0 unspecified atom stereocenters. The van der Waals surface area contributed by atoms with Crippen molar-refractivity contribution in [2.24, 2.45) is 5.41 Å². The summed E-state index contributed by atoms with van der Waals surface area (Å²) in [5, 5.41) is 6.39. The van der Waals surface area contributed by atoms with Crippen molar-refractivity contribution in [1.82, 2.24) is 10.6 Å². The molecule has 1 aliphatic heterocycles. The van der Waals surface area contributed by atoms with Crippen molar-refractivity contribution in [3.63, 3.8) is 0 Å². The Morgan fingerprint density at radius 1 is 1.53 bits per heavy atom. The first-order valence-corrected chi connectivity index (χ1v) is 7.28. The van der Waals surface area contributed by atoms with Crippen LogP contribution in [0.15, 0.2) is 18.2 Å². The fourth-order valence-corrected chi connectivity index (χ4v) is 3.87. The number of carbonyl (C=O) groups excluding carboxylic acids is 1. The second-order valence-corrected chi connectivity index (χ2v) is 5.88. The summed E-state index contributed by atoms with van der Waals surface area (Å²) in [5.41, 5.74) is 3.93. The lowest BCUT2D eigenvalue weighted by atomic mass is 9.72. The Kier molecular flexibility index (Phi) is 3.09. The van der Waals surface area contributed by atoms with Gasteiger partial charge in [-0.3, -0.25) is 4.79 Å². The van der Waals surface area contributed by atoms with Gasteiger partial charge in [-0.25, -0.2) is 0 Å². The zero-order valence-corrected chi connectivity index (χ0v) is 11.8. The molecule has 0 saturated carbocycles. The molecule has 0 spiro atoms. The van der Waals surface area contributed by atoms with E-state index in [0.29, 0.717) is 11.5 Å². The van der Waals surface area contributed by atoms with Crippen molar-refractivity contribution in [1.29, 1.82) is 0 Å². The number of nitrogens with one attached hydrogen (secondary N) is 2. The van der Waals surface area contributed by atoms with E-state index in [-0.39, 0.29) is 5.91 Å². The summed E-state index contributed by atoms with van der Waals surface area (Å²) < 4.78 is 0. The highest BCUT2D eigenvalue weighted by atomic mass is 16.1. The number of benzene rings is 1. The maximum atomic E-state index is 11.8. The predicted octanol–water partition coefficient (Wildman–Crippen LogP) is 2.42. The van der Waals surface area contributed by atoms with Crippen molar-refractivity contribution in [2.45, 2.75) is 38.6 Å². The highest BCUT2D eigenvalue weighted by Gasteiger charge is 2.45. The highest BCUT2D eigenvalue weighted by Crippen LogP contribution is 2.52. The van der Waals surface area contributed by atoms with Crippen molar-refractivity contribution in [3.05, 3.63) is 34.9 Å². The van der Waals surface area contributed by atoms with Crippen LogP contribution in [0.2, 0.25) is 0 Å². The first-order chi connectivity index (χ1) is 9.20. The molecule has 0 aromatic heterocycles. The van der Waals surface area contributed by atoms with E-state index in [4.69, 9.17) is 0 Å². The van der Waals surface area contributed by atoms with Crippen LogP contribution in [0.3, 0.4) is 0 Å². The first kappa shape index (κ1) is 12.7. The Bertz CT molecular complexity index is 511. The van der Waals surface area contributed by atoms with Gasteiger partial charge < -0.3 is 10.6 Å². The summed E-state index contributed by atoms with van der Waals surface area (Å²) in [6.07, 6.45) is 4.92. The predicted molar refractivity (Wildman–Crippen MR) is 76.2 cm³/mol. The van der Waals surface area contributed by atoms with Crippen molar-refractivity contribution < 1.29 is 4.79 Å². The average Bonchev–Trinajstić information content (AvgIpc) is 2.80. The molecule has 2 aliphatic rings. The lowest BCUT2D eigenvalue weighted by molar-refractivity contribution is 0.0962. The van der Waals surface area contributed by atoms with E-state index in [1.54, 1.807) is 7.05 Å². The smallest absolute Gasteiger partial charge is 0.251 e. The van der Waals surface area contributed by atoms with Gasteiger partial charge >= 0.3 is 0 Å². The number of amides is 1. The summed E-state index contributed by atoms with van der Waals surface area (Å²) in [6, 6.07) is 6.63. The number of piperidine rings is 1. The summed E-state index contributed by atoms with van der Waals surface area (Å²) in [4.78, 5) is 11.8. The largest absolute Gasteiger partial charge is 0.355 e. The molecule has 1 saturated heterocycles. The summed E-state index contributed by atoms with van der Waals surface area (Å²) in [6.45, 7) is 3.39. The number of hydrogen-bond donors (Lipinski definition) is 2. The quantitative estimate of drug-likeness (QED) is 0.855. The van der Waals surface area contributed by atoms with Crippen LogP contribution in [0.25, 0.3) is 0 Å². The van der Waals surface area contributed by atoms with Gasteiger partial charge in [-0.05, 0) is 60.9 Å². The molecule has 19 heavy (non-hydrogen) atoms. The Balaban J connectivity index is 2.01. The standard InChI is InChI=1S/C16H22N2O/c1-3-16-7-4-8-18-14(16)13-9-11(15(19)17-2)5-6-12(13)10-16/h5-6,9,14,18H,3-4,7-8,10H2,1-2H3,(H,17,19)/t14-,16+/m0/s1. The number of rotatable bonds is 2. The van der Waals surface area contributed by atoms with E-state index >= 15 is 0 Å². The minimum atomic E-state index is 0.00704. The Morgan fingerprint density at radius 3 is 3.11 bits per heavy atom. The van der Waals surface area contributed by atoms with Gasteiger partial charge in [-0.15, -0.1) is 0 Å². The summed E-state index contributed by atoms with van der Waals surface area (Å²) >= 11 is 0. The summed E-state index contributed by atoms with van der Waals surface area (Å²) in [7, 11) is 1.69. The maximum absolute atomic E-state index is 11.8. The Morgan fingerprint density at radius 2 is 2.37 bits per heavy atom. The van der Waals surface area contributed by atoms with Crippen LogP contribution in [-0.2, 0) is 6.42 Å². The molecular weight excluding hydrogens is 236 g/mol. The van der Waals surface area contributed by atoms with Crippen LogP contribution in [0.4, 0.5) is 0 Å². The third-order valence-electron chi connectivity index (χ3n) is 5.01. The molecule has 3 heteroatoms. The van der Waals surface area contributed by atoms with Crippen LogP contribution >= 0.6 is 0 Å². The lowest BCUT2D eigenvalue weighted by Crippen LogP contribution is -2.40. The molecule has 1 heterocycles. The zero-order valence-electron chi connectivity index (χ0n) is 11.8. The Labute approximate surface area is 114 Å². The molecule has 1 fully saturated rings. The average molecular weight is 258 g/mol. The van der Waals surface area contributed by atoms with Gasteiger partial charge in [0.2, 0.25) is 0 Å². The molecule has 1 aromatic rings. The summed E-state index contributed by atoms with van der Waals surface area (Å²) in [5.74, 6) is 0.00704. The van der Waals surface area contributed by atoms with E-state index < -0.39 is 0 Å². The van der Waals surface area contributed by atoms with Crippen LogP contribution in [0.5, 0.6) is 0 Å². The molecule has 2 atom stereocenters. The van der Waals surface area contributed by atoms with Gasteiger partial charge in [0.25, 0.3) is 5.91 Å². The topological polar surface area (TPSA) is 41.1 Å². The molecular formula is C16H22N2O. The molecule has 0 bridgehead atoms. The van der Waals surface area contributed by atoms with E-state index in [0.717, 1.165) is 18.5 Å². The van der Waals surface area contributed by atoms with Crippen LogP contribution in [0, 0.1) is 5.41 Å². The van der Waals surface area contributed by atoms with E-state index in [9.17, 15) is 4.79 Å². The Hall–Kier alpha value is -1.35. The fourth-order valence-electron chi connectivity index (χ4n) is 3.87. The number of fused-ring (bicyclic) bond motifs is 3. The van der Waals surface area contributed by atoms with E-state index in [1.165, 1.54) is 30.4 Å². The second-order valence-electron chi connectivity index (χ2n) is 5.88. The second kappa shape index (κ2) is 4.64. The van der Waals surface area contributed by atoms with Crippen molar-refractivity contribution in [2.75, 3.05) is 13.6 Å². The zero-order chi connectivity index (χ0) is 13.5. The van der Waals surface area contributed by atoms with E-state index in [1.807, 2.05) is 6.07 Å². The van der Waals surface area contributed by atoms with Crippen molar-refractivity contribution >= 4 is 5.91 Å². The molecule has 1 aliphatic carbocycles. The molecule has 3 rings (SSSR count). The van der Waals surface area contributed by atoms with Crippen LogP contribution in [-0.4, -0.2) is 19.5 Å². The molecule has 1 amide bonds. The van der Waals surface area contributed by atoms with Gasteiger partial charge in [0.1, 0.15) is 0 Å². The van der Waals surface area contributed by atoms with Crippen LogP contribution < -0.4 is 10.6 Å². The molecule has 102 valence electrons. The van der Waals surface area contributed by atoms with Gasteiger partial charge in [0, 0.05) is 18.7 Å². The number of carbonyl (C=O) groups is 1. The maximum Gasteiger partial charge on any atom is 0.251 e. The first-order valence-electron chi connectivity index (χ1n) is 7.28. The monoisotopic (exact) mass is 258 g/mol. The molecule has 3 nitrogen and oxygen atoms in total. The van der Waals surface area contributed by atoms with Gasteiger partial charge in [0.05, 0.1) is 0 Å². The van der Waals surface area contributed by atoms with Crippen molar-refractivity contribution in [3.8, 4) is 0 Å². The third kappa shape index (κ3) is 1.88. The molecule has 1 aromatic carbocycles. The molecule has 0 radical (unpaired) electrons. The lowest BCUT2D eigenvalue weighted by Gasteiger charge is -2.40. The normalized spacial score (nSPS) is 28.6. The minimum absolute atomic E-state index is 0.00704. The SMILES string of the molecule is CC[C@]12CCCN[C@H]1c1cc(C(=O)NC)ccc1C2. The fraction of sp³-hybridized carbons (Fsp3) is 0.562. The minimum Gasteiger partial charge on any atom is -0.355 e.